The summed E-state index contributed by atoms with van der Waals surface area (Å²) in [4.78, 5) is 2.48. The van der Waals surface area contributed by atoms with Gasteiger partial charge in [0.15, 0.2) is 11.5 Å². The van der Waals surface area contributed by atoms with Gasteiger partial charge in [-0.1, -0.05) is 12.1 Å². The molecule has 0 aromatic heterocycles. The number of hydrogen-bond donors (Lipinski definition) is 1. The van der Waals surface area contributed by atoms with Crippen molar-refractivity contribution in [3.05, 3.63) is 35.4 Å². The van der Waals surface area contributed by atoms with Crippen molar-refractivity contribution in [2.24, 2.45) is 5.41 Å². The van der Waals surface area contributed by atoms with Gasteiger partial charge in [0.2, 0.25) is 0 Å². The Hall–Kier alpha value is -1.56. The third kappa shape index (κ3) is 1.29. The molecule has 1 saturated heterocycles. The molecule has 0 radical (unpaired) electrons. The quantitative estimate of drug-likeness (QED) is 0.818. The third-order valence-electron chi connectivity index (χ3n) is 8.24. The highest BCUT2D eigenvalue weighted by Crippen LogP contribution is 2.73. The van der Waals surface area contributed by atoms with Gasteiger partial charge in [-0.2, -0.15) is 0 Å². The SMILES string of the molecule is COc1ccc2c3c1O[C@H]1[C@@]4(OC)C=C[C@@]5(C[C@H]4O)[C@@H](C2)N(C)CC[C@]315. The molecular formula is C21H25NO4. The number of aliphatic hydroxyl groups is 1. The number of ether oxygens (including phenoxy) is 3. The van der Waals surface area contributed by atoms with Crippen molar-refractivity contribution in [2.45, 2.75) is 48.5 Å². The number of likely N-dealkylation sites (N-methyl/N-ethyl adjacent to an activating group) is 1. The zero-order valence-corrected chi connectivity index (χ0v) is 15.5. The van der Waals surface area contributed by atoms with Crippen molar-refractivity contribution in [1.82, 2.24) is 4.90 Å². The lowest BCUT2D eigenvalue weighted by Gasteiger charge is -2.70. The molecule has 1 saturated carbocycles. The van der Waals surface area contributed by atoms with E-state index < -0.39 is 11.7 Å². The molecular weight excluding hydrogens is 330 g/mol. The van der Waals surface area contributed by atoms with Crippen molar-refractivity contribution < 1.29 is 19.3 Å². The van der Waals surface area contributed by atoms with Gasteiger partial charge in [0.1, 0.15) is 11.7 Å². The number of aliphatic hydroxyl groups excluding tert-OH is 1. The maximum Gasteiger partial charge on any atom is 0.166 e. The van der Waals surface area contributed by atoms with E-state index in [9.17, 15) is 5.11 Å². The molecule has 5 heteroatoms. The Morgan fingerprint density at radius 3 is 2.85 bits per heavy atom. The van der Waals surface area contributed by atoms with Crippen LogP contribution >= 0.6 is 0 Å². The van der Waals surface area contributed by atoms with Gasteiger partial charge in [-0.3, -0.25) is 0 Å². The predicted molar refractivity (Wildman–Crippen MR) is 95.8 cm³/mol. The minimum atomic E-state index is -0.791. The fourth-order valence-electron chi connectivity index (χ4n) is 7.17. The normalized spacial score (nSPS) is 46.8. The second-order valence-corrected chi connectivity index (χ2v) is 8.70. The Balaban J connectivity index is 1.73. The Bertz CT molecular complexity index is 853. The van der Waals surface area contributed by atoms with Gasteiger partial charge in [-0.05, 0) is 50.6 Å². The van der Waals surface area contributed by atoms with Gasteiger partial charge in [0.05, 0.1) is 18.6 Å². The first-order valence-electron chi connectivity index (χ1n) is 9.55. The smallest absolute Gasteiger partial charge is 0.166 e. The van der Waals surface area contributed by atoms with E-state index in [1.807, 2.05) is 6.07 Å². The molecule has 0 unspecified atom stereocenters. The molecule has 1 N–H and O–H groups in total. The number of methoxy groups -OCH3 is 2. The second-order valence-electron chi connectivity index (χ2n) is 8.70. The Morgan fingerprint density at radius 2 is 2.12 bits per heavy atom. The van der Waals surface area contributed by atoms with E-state index in [1.54, 1.807) is 14.2 Å². The molecule has 2 aliphatic heterocycles. The first-order chi connectivity index (χ1) is 12.5. The highest BCUT2D eigenvalue weighted by atomic mass is 16.6. The summed E-state index contributed by atoms with van der Waals surface area (Å²) in [5, 5.41) is 11.2. The van der Waals surface area contributed by atoms with E-state index in [0.29, 0.717) is 6.04 Å². The van der Waals surface area contributed by atoms with E-state index in [4.69, 9.17) is 14.2 Å². The first-order valence-corrected chi connectivity index (χ1v) is 9.55. The molecule has 138 valence electrons. The summed E-state index contributed by atoms with van der Waals surface area (Å²) in [6.07, 6.45) is 6.40. The fraction of sp³-hybridized carbons (Fsp3) is 0.619. The highest BCUT2D eigenvalue weighted by molar-refractivity contribution is 5.65. The molecule has 2 heterocycles. The van der Waals surface area contributed by atoms with Crippen LogP contribution in [0.3, 0.4) is 0 Å². The van der Waals surface area contributed by atoms with Crippen LogP contribution in [-0.2, 0) is 16.6 Å². The van der Waals surface area contributed by atoms with Crippen molar-refractivity contribution in [1.29, 1.82) is 0 Å². The molecule has 6 aliphatic rings. The summed E-state index contributed by atoms with van der Waals surface area (Å²) in [6, 6.07) is 4.61. The molecule has 2 fully saturated rings. The first kappa shape index (κ1) is 15.5. The summed E-state index contributed by atoms with van der Waals surface area (Å²) in [7, 11) is 5.62. The summed E-state index contributed by atoms with van der Waals surface area (Å²) >= 11 is 0. The molecule has 1 aromatic rings. The summed E-state index contributed by atoms with van der Waals surface area (Å²) in [5.74, 6) is 1.67. The van der Waals surface area contributed by atoms with Crippen molar-refractivity contribution in [3.63, 3.8) is 0 Å². The van der Waals surface area contributed by atoms with Gasteiger partial charge in [-0.15, -0.1) is 0 Å². The monoisotopic (exact) mass is 355 g/mol. The van der Waals surface area contributed by atoms with Crippen LogP contribution in [0.25, 0.3) is 0 Å². The van der Waals surface area contributed by atoms with E-state index in [0.717, 1.165) is 37.3 Å². The third-order valence-corrected chi connectivity index (χ3v) is 8.24. The van der Waals surface area contributed by atoms with Crippen LogP contribution in [0, 0.1) is 5.41 Å². The Morgan fingerprint density at radius 1 is 1.27 bits per heavy atom. The minimum absolute atomic E-state index is 0.116. The topological polar surface area (TPSA) is 51.2 Å². The van der Waals surface area contributed by atoms with Crippen LogP contribution in [0.15, 0.2) is 24.3 Å². The van der Waals surface area contributed by atoms with Crippen LogP contribution in [0.5, 0.6) is 11.5 Å². The lowest BCUT2D eigenvalue weighted by atomic mass is 9.38. The highest BCUT2D eigenvalue weighted by Gasteiger charge is 2.79. The van der Waals surface area contributed by atoms with Crippen molar-refractivity contribution in [2.75, 3.05) is 27.8 Å². The average Bonchev–Trinajstić information content (AvgIpc) is 3.01. The van der Waals surface area contributed by atoms with E-state index >= 15 is 0 Å². The van der Waals surface area contributed by atoms with Crippen LogP contribution in [-0.4, -0.2) is 61.7 Å². The van der Waals surface area contributed by atoms with E-state index in [-0.39, 0.29) is 16.9 Å². The average molecular weight is 355 g/mol. The number of likely N-dealkylation sites (tertiary alicyclic amines) is 1. The number of benzene rings is 1. The van der Waals surface area contributed by atoms with E-state index in [1.165, 1.54) is 11.1 Å². The standard InChI is InChI=1S/C21H25NO4/c1-22-9-8-20-16-12-4-5-13(24-2)17(16)26-18(20)21(25-3)7-6-19(20,11-15(21)23)14(22)10-12/h4-7,14-15,18,23H,8-11H2,1-3H3/t14-,15-,18-,19-,20+,21-/m1/s1. The summed E-state index contributed by atoms with van der Waals surface area (Å²) in [5.41, 5.74) is 1.64. The maximum atomic E-state index is 11.2. The van der Waals surface area contributed by atoms with Gasteiger partial charge >= 0.3 is 0 Å². The lowest BCUT2D eigenvalue weighted by molar-refractivity contribution is -0.232. The van der Waals surface area contributed by atoms with E-state index in [2.05, 4.69) is 30.2 Å². The molecule has 0 amide bonds. The van der Waals surface area contributed by atoms with Crippen LogP contribution < -0.4 is 9.47 Å². The van der Waals surface area contributed by atoms with Gasteiger partial charge < -0.3 is 24.2 Å². The van der Waals surface area contributed by atoms with Crippen LogP contribution in [0.2, 0.25) is 0 Å². The molecule has 6 atom stereocenters. The zero-order chi connectivity index (χ0) is 17.9. The maximum absolute atomic E-state index is 11.2. The van der Waals surface area contributed by atoms with Crippen LogP contribution in [0.1, 0.15) is 24.0 Å². The number of fused-ring (bicyclic) bond motifs is 1. The molecule has 26 heavy (non-hydrogen) atoms. The largest absolute Gasteiger partial charge is 0.493 e. The Labute approximate surface area is 153 Å². The van der Waals surface area contributed by atoms with Gasteiger partial charge in [-0.25, -0.2) is 0 Å². The second kappa shape index (κ2) is 4.46. The van der Waals surface area contributed by atoms with Gasteiger partial charge in [0.25, 0.3) is 0 Å². The number of hydrogen-bond acceptors (Lipinski definition) is 5. The number of nitrogens with zero attached hydrogens (tertiary/aromatic N) is 1. The Kier molecular flexibility index (Phi) is 2.66. The van der Waals surface area contributed by atoms with Gasteiger partial charge in [0, 0.05) is 24.1 Å². The molecule has 2 spiro atoms. The number of rotatable bonds is 2. The zero-order valence-electron chi connectivity index (χ0n) is 15.5. The molecule has 7 rings (SSSR count). The lowest BCUT2D eigenvalue weighted by Crippen LogP contribution is -2.80. The molecule has 5 nitrogen and oxygen atoms in total. The van der Waals surface area contributed by atoms with Crippen LogP contribution in [0.4, 0.5) is 0 Å². The number of piperidine rings is 1. The molecule has 1 aromatic carbocycles. The minimum Gasteiger partial charge on any atom is -0.493 e. The predicted octanol–water partition coefficient (Wildman–Crippen LogP) is 1.66. The van der Waals surface area contributed by atoms with Crippen molar-refractivity contribution >= 4 is 0 Å². The van der Waals surface area contributed by atoms with Crippen molar-refractivity contribution in [3.8, 4) is 11.5 Å². The molecule has 4 aliphatic carbocycles. The summed E-state index contributed by atoms with van der Waals surface area (Å²) in [6.45, 7) is 1.03. The molecule has 4 bridgehead atoms. The summed E-state index contributed by atoms with van der Waals surface area (Å²) < 4.78 is 18.3. The fourth-order valence-corrected chi connectivity index (χ4v) is 7.17.